The first-order chi connectivity index (χ1) is 11.7. The molecule has 5 nitrogen and oxygen atoms in total. The number of nitrogens with zero attached hydrogens (tertiary/aromatic N) is 2. The van der Waals surface area contributed by atoms with Crippen LogP contribution in [0.5, 0.6) is 0 Å². The number of carbonyl (C=O) groups is 1. The van der Waals surface area contributed by atoms with Crippen LogP contribution in [0.2, 0.25) is 0 Å². The zero-order chi connectivity index (χ0) is 16.8. The van der Waals surface area contributed by atoms with E-state index in [0.717, 1.165) is 6.54 Å². The smallest absolute Gasteiger partial charge is 0.277 e. The van der Waals surface area contributed by atoms with Crippen molar-refractivity contribution in [3.05, 3.63) is 30.1 Å². The molecule has 0 spiro atoms. The van der Waals surface area contributed by atoms with Crippen molar-refractivity contribution < 1.29 is 13.6 Å². The molecule has 24 heavy (non-hydrogen) atoms. The number of benzene rings is 1. The highest BCUT2D eigenvalue weighted by molar-refractivity contribution is 7.99. The van der Waals surface area contributed by atoms with Gasteiger partial charge in [-0.1, -0.05) is 31.0 Å². The van der Waals surface area contributed by atoms with Gasteiger partial charge in [0.2, 0.25) is 11.8 Å². The van der Waals surface area contributed by atoms with Gasteiger partial charge in [0.05, 0.1) is 5.75 Å². The van der Waals surface area contributed by atoms with E-state index in [9.17, 15) is 9.18 Å². The fraction of sp³-hybridized carbons (Fsp3) is 0.471. The first-order valence-corrected chi connectivity index (χ1v) is 9.18. The van der Waals surface area contributed by atoms with Crippen molar-refractivity contribution in [3.8, 4) is 11.5 Å². The van der Waals surface area contributed by atoms with Gasteiger partial charge >= 0.3 is 0 Å². The van der Waals surface area contributed by atoms with Crippen molar-refractivity contribution in [3.63, 3.8) is 0 Å². The summed E-state index contributed by atoms with van der Waals surface area (Å²) in [7, 11) is 0. The second-order valence-electron chi connectivity index (χ2n) is 5.98. The van der Waals surface area contributed by atoms with Crippen LogP contribution in [0.25, 0.3) is 11.5 Å². The maximum Gasteiger partial charge on any atom is 0.277 e. The Bertz CT molecular complexity index is 669. The molecule has 0 saturated heterocycles. The maximum atomic E-state index is 12.9. The number of hydrogen-bond donors (Lipinski definition) is 1. The molecule has 0 radical (unpaired) electrons. The molecule has 1 aromatic heterocycles. The monoisotopic (exact) mass is 349 g/mol. The van der Waals surface area contributed by atoms with Crippen molar-refractivity contribution >= 4 is 17.7 Å². The van der Waals surface area contributed by atoms with E-state index in [1.54, 1.807) is 12.1 Å². The van der Waals surface area contributed by atoms with Crippen LogP contribution in [-0.4, -0.2) is 28.4 Å². The Morgan fingerprint density at radius 2 is 1.96 bits per heavy atom. The Morgan fingerprint density at radius 1 is 1.21 bits per heavy atom. The van der Waals surface area contributed by atoms with Crippen molar-refractivity contribution in [1.82, 2.24) is 15.5 Å². The summed E-state index contributed by atoms with van der Waals surface area (Å²) in [6.07, 6.45) is 6.26. The number of hydrogen-bond acceptors (Lipinski definition) is 5. The van der Waals surface area contributed by atoms with E-state index in [1.165, 1.54) is 56.0 Å². The van der Waals surface area contributed by atoms with Gasteiger partial charge in [-0.05, 0) is 43.0 Å². The normalized spacial score (nSPS) is 15.4. The van der Waals surface area contributed by atoms with Crippen LogP contribution in [-0.2, 0) is 4.79 Å². The molecule has 1 saturated carbocycles. The maximum absolute atomic E-state index is 12.9. The summed E-state index contributed by atoms with van der Waals surface area (Å²) in [5.74, 6) is 0.841. The largest absolute Gasteiger partial charge is 0.411 e. The van der Waals surface area contributed by atoms with Gasteiger partial charge in [-0.3, -0.25) is 4.79 Å². The molecular weight excluding hydrogens is 329 g/mol. The van der Waals surface area contributed by atoms with Crippen molar-refractivity contribution in [2.24, 2.45) is 5.92 Å². The molecule has 0 unspecified atom stereocenters. The molecule has 0 aliphatic heterocycles. The number of thioether (sulfide) groups is 1. The minimum absolute atomic E-state index is 0.0212. The number of halogens is 1. The summed E-state index contributed by atoms with van der Waals surface area (Å²) in [5, 5.41) is 11.1. The van der Waals surface area contributed by atoms with Crippen LogP contribution in [0.4, 0.5) is 4.39 Å². The molecule has 1 fully saturated rings. The van der Waals surface area contributed by atoms with E-state index in [1.807, 2.05) is 0 Å². The van der Waals surface area contributed by atoms with E-state index in [0.29, 0.717) is 22.6 Å². The standard InChI is InChI=1S/C17H20FN3O2S/c18-14-8-6-13(7-9-14)16-20-21-17(23-16)24-11-15(22)19-10-12-4-2-1-3-5-12/h6-9,12H,1-5,10-11H2,(H,19,22). The van der Waals surface area contributed by atoms with E-state index in [2.05, 4.69) is 15.5 Å². The molecule has 1 N–H and O–H groups in total. The van der Waals surface area contributed by atoms with Crippen molar-refractivity contribution in [2.75, 3.05) is 12.3 Å². The zero-order valence-corrected chi connectivity index (χ0v) is 14.2. The number of rotatable bonds is 6. The van der Waals surface area contributed by atoms with Gasteiger partial charge in [-0.2, -0.15) is 0 Å². The van der Waals surface area contributed by atoms with E-state index in [4.69, 9.17) is 4.42 Å². The number of carbonyl (C=O) groups excluding carboxylic acids is 1. The predicted molar refractivity (Wildman–Crippen MR) is 90.0 cm³/mol. The average Bonchev–Trinajstić information content (AvgIpc) is 3.09. The lowest BCUT2D eigenvalue weighted by Crippen LogP contribution is -2.31. The van der Waals surface area contributed by atoms with Crippen LogP contribution in [0.1, 0.15) is 32.1 Å². The molecule has 1 aliphatic carbocycles. The molecule has 1 heterocycles. The minimum Gasteiger partial charge on any atom is -0.411 e. The lowest BCUT2D eigenvalue weighted by atomic mass is 9.89. The zero-order valence-electron chi connectivity index (χ0n) is 13.3. The second-order valence-corrected chi connectivity index (χ2v) is 6.90. The molecule has 0 atom stereocenters. The van der Waals surface area contributed by atoms with Crippen LogP contribution in [0.3, 0.4) is 0 Å². The number of amides is 1. The first-order valence-electron chi connectivity index (χ1n) is 8.19. The summed E-state index contributed by atoms with van der Waals surface area (Å²) in [4.78, 5) is 11.9. The molecule has 7 heteroatoms. The van der Waals surface area contributed by atoms with E-state index < -0.39 is 0 Å². The summed E-state index contributed by atoms with van der Waals surface area (Å²) in [5.41, 5.74) is 0.650. The second kappa shape index (κ2) is 8.28. The predicted octanol–water partition coefficient (Wildman–Crippen LogP) is 3.66. The highest BCUT2D eigenvalue weighted by Gasteiger charge is 2.15. The fourth-order valence-electron chi connectivity index (χ4n) is 2.80. The van der Waals surface area contributed by atoms with Gasteiger partial charge in [-0.25, -0.2) is 4.39 Å². The van der Waals surface area contributed by atoms with Gasteiger partial charge < -0.3 is 9.73 Å². The van der Waals surface area contributed by atoms with E-state index in [-0.39, 0.29) is 17.5 Å². The van der Waals surface area contributed by atoms with Gasteiger partial charge in [-0.15, -0.1) is 10.2 Å². The topological polar surface area (TPSA) is 68.0 Å². The molecule has 3 rings (SSSR count). The summed E-state index contributed by atoms with van der Waals surface area (Å²) in [6, 6.07) is 5.83. The Kier molecular flexibility index (Phi) is 5.85. The third-order valence-corrected chi connectivity index (χ3v) is 4.96. The minimum atomic E-state index is -0.317. The molecule has 128 valence electrons. The van der Waals surface area contributed by atoms with Crippen LogP contribution < -0.4 is 5.32 Å². The quantitative estimate of drug-likeness (QED) is 0.806. The van der Waals surface area contributed by atoms with E-state index >= 15 is 0 Å². The Balaban J connectivity index is 1.44. The van der Waals surface area contributed by atoms with Gasteiger partial charge in [0.1, 0.15) is 5.82 Å². The van der Waals surface area contributed by atoms with Crippen LogP contribution in [0, 0.1) is 11.7 Å². The molecule has 1 aromatic carbocycles. The van der Waals surface area contributed by atoms with Gasteiger partial charge in [0.15, 0.2) is 0 Å². The number of aromatic nitrogens is 2. The SMILES string of the molecule is O=C(CSc1nnc(-c2ccc(F)cc2)o1)NCC1CCCCC1. The average molecular weight is 349 g/mol. The lowest BCUT2D eigenvalue weighted by molar-refractivity contribution is -0.118. The molecule has 0 bridgehead atoms. The van der Waals surface area contributed by atoms with Crippen molar-refractivity contribution in [2.45, 2.75) is 37.3 Å². The third-order valence-electron chi connectivity index (χ3n) is 4.14. The first kappa shape index (κ1) is 17.0. The Labute approximate surface area is 144 Å². The molecule has 1 aliphatic rings. The highest BCUT2D eigenvalue weighted by Crippen LogP contribution is 2.24. The Morgan fingerprint density at radius 3 is 2.71 bits per heavy atom. The van der Waals surface area contributed by atoms with Crippen LogP contribution >= 0.6 is 11.8 Å². The fourth-order valence-corrected chi connectivity index (χ4v) is 3.40. The Hall–Kier alpha value is -1.89. The lowest BCUT2D eigenvalue weighted by Gasteiger charge is -2.21. The van der Waals surface area contributed by atoms with Crippen LogP contribution in [0.15, 0.2) is 33.9 Å². The van der Waals surface area contributed by atoms with Gasteiger partial charge in [0.25, 0.3) is 5.22 Å². The molecular formula is C17H20FN3O2S. The van der Waals surface area contributed by atoms with Gasteiger partial charge in [0, 0.05) is 12.1 Å². The third kappa shape index (κ3) is 4.80. The molecule has 2 aromatic rings. The summed E-state index contributed by atoms with van der Waals surface area (Å²) < 4.78 is 18.4. The molecule has 1 amide bonds. The summed E-state index contributed by atoms with van der Waals surface area (Å²) in [6.45, 7) is 0.754. The summed E-state index contributed by atoms with van der Waals surface area (Å²) >= 11 is 1.21. The highest BCUT2D eigenvalue weighted by atomic mass is 32.2. The van der Waals surface area contributed by atoms with Crippen molar-refractivity contribution in [1.29, 1.82) is 0 Å². The number of nitrogens with one attached hydrogen (secondary N) is 1.